The topological polar surface area (TPSA) is 97.6 Å². The van der Waals surface area contributed by atoms with Crippen LogP contribution in [0.3, 0.4) is 0 Å². The summed E-state index contributed by atoms with van der Waals surface area (Å²) < 4.78 is 38.1. The Morgan fingerprint density at radius 3 is 2.88 bits per heavy atom. The zero-order chi connectivity index (χ0) is 17.9. The molecule has 0 saturated carbocycles. The maximum Gasteiger partial charge on any atom is 0.250 e. The van der Waals surface area contributed by atoms with Crippen LogP contribution in [0.4, 0.5) is 0 Å². The van der Waals surface area contributed by atoms with Gasteiger partial charge in [0, 0.05) is 26.2 Å². The number of hydrogen-bond acceptors (Lipinski definition) is 8. The Bertz CT molecular complexity index is 767. The Morgan fingerprint density at radius 2 is 2.24 bits per heavy atom. The number of hydrogen-bond donors (Lipinski definition) is 1. The monoisotopic (exact) mass is 386 g/mol. The molecule has 1 aliphatic heterocycles. The zero-order valence-corrected chi connectivity index (χ0v) is 15.8. The number of rotatable bonds is 7. The Labute approximate surface area is 151 Å². The van der Waals surface area contributed by atoms with E-state index in [1.807, 2.05) is 6.92 Å². The van der Waals surface area contributed by atoms with Gasteiger partial charge in [-0.15, -0.1) is 11.3 Å². The number of ether oxygens (including phenoxy) is 1. The molecule has 0 amide bonds. The molecule has 1 fully saturated rings. The van der Waals surface area contributed by atoms with Crippen molar-refractivity contribution in [3.8, 4) is 0 Å². The zero-order valence-electron chi connectivity index (χ0n) is 14.2. The van der Waals surface area contributed by atoms with Crippen molar-refractivity contribution in [2.24, 2.45) is 0 Å². The third kappa shape index (κ3) is 4.64. The molecule has 2 aromatic heterocycles. The molecule has 1 atom stereocenters. The molecule has 25 heavy (non-hydrogen) atoms. The quantitative estimate of drug-likeness (QED) is 0.774. The van der Waals surface area contributed by atoms with E-state index in [1.54, 1.807) is 24.6 Å². The van der Waals surface area contributed by atoms with Gasteiger partial charge in [-0.05, 0) is 31.2 Å². The minimum absolute atomic E-state index is 0.0462. The Kier molecular flexibility index (Phi) is 5.85. The molecule has 0 spiro atoms. The lowest BCUT2D eigenvalue weighted by molar-refractivity contribution is 0.109. The third-order valence-corrected chi connectivity index (χ3v) is 7.15. The maximum atomic E-state index is 12.3. The molecule has 0 radical (unpaired) electrons. The van der Waals surface area contributed by atoms with Crippen LogP contribution in [0.15, 0.2) is 26.2 Å². The van der Waals surface area contributed by atoms with Crippen LogP contribution in [0.25, 0.3) is 0 Å². The highest BCUT2D eigenvalue weighted by molar-refractivity contribution is 7.91. The first-order valence-corrected chi connectivity index (χ1v) is 10.5. The predicted molar refractivity (Wildman–Crippen MR) is 92.7 cm³/mol. The van der Waals surface area contributed by atoms with Crippen LogP contribution in [-0.2, 0) is 21.3 Å². The first-order valence-electron chi connectivity index (χ1n) is 8.11. The molecule has 0 aromatic carbocycles. The van der Waals surface area contributed by atoms with Crippen molar-refractivity contribution in [1.82, 2.24) is 19.8 Å². The standard InChI is InChI=1S/C15H22N4O4S2/c1-11(22-2)15-16-13(23-17-15)10-19-7-5-12(6-8-19)18-25(20,21)14-4-3-9-24-14/h3-4,9,11-12,18H,5-8,10H2,1-2H3. The third-order valence-electron chi connectivity index (χ3n) is 4.23. The van der Waals surface area contributed by atoms with Gasteiger partial charge >= 0.3 is 0 Å². The largest absolute Gasteiger partial charge is 0.374 e. The number of likely N-dealkylation sites (tertiary alicyclic amines) is 1. The van der Waals surface area contributed by atoms with Crippen molar-refractivity contribution in [2.45, 2.75) is 42.7 Å². The highest BCUT2D eigenvalue weighted by Gasteiger charge is 2.26. The lowest BCUT2D eigenvalue weighted by Gasteiger charge is -2.31. The number of aromatic nitrogens is 2. The lowest BCUT2D eigenvalue weighted by atomic mass is 10.1. The summed E-state index contributed by atoms with van der Waals surface area (Å²) in [6.45, 7) is 3.97. The second-order valence-electron chi connectivity index (χ2n) is 6.03. The van der Waals surface area contributed by atoms with Gasteiger partial charge in [-0.2, -0.15) is 4.98 Å². The van der Waals surface area contributed by atoms with Crippen molar-refractivity contribution in [1.29, 1.82) is 0 Å². The maximum absolute atomic E-state index is 12.3. The normalized spacial score (nSPS) is 18.5. The van der Waals surface area contributed by atoms with Crippen LogP contribution < -0.4 is 4.72 Å². The summed E-state index contributed by atoms with van der Waals surface area (Å²) in [7, 11) is -1.81. The van der Waals surface area contributed by atoms with Crippen LogP contribution in [0, 0.1) is 0 Å². The molecule has 3 heterocycles. The Hall–Kier alpha value is -1.33. The minimum Gasteiger partial charge on any atom is -0.374 e. The van der Waals surface area contributed by atoms with Crippen LogP contribution >= 0.6 is 11.3 Å². The summed E-state index contributed by atoms with van der Waals surface area (Å²) in [5.41, 5.74) is 0. The summed E-state index contributed by atoms with van der Waals surface area (Å²) in [6.07, 6.45) is 1.30. The molecule has 1 N–H and O–H groups in total. The number of sulfonamides is 1. The summed E-state index contributed by atoms with van der Waals surface area (Å²) in [6, 6.07) is 3.32. The van der Waals surface area contributed by atoms with E-state index in [2.05, 4.69) is 19.8 Å². The molecule has 1 aliphatic rings. The fourth-order valence-electron chi connectivity index (χ4n) is 2.70. The highest BCUT2D eigenvalue weighted by atomic mass is 32.2. The summed E-state index contributed by atoms with van der Waals surface area (Å²) in [4.78, 5) is 6.52. The number of nitrogens with zero attached hydrogens (tertiary/aromatic N) is 3. The number of piperidine rings is 1. The van der Waals surface area contributed by atoms with E-state index in [9.17, 15) is 8.42 Å². The molecule has 8 nitrogen and oxygen atoms in total. The number of thiophene rings is 1. The molecular weight excluding hydrogens is 364 g/mol. The fraction of sp³-hybridized carbons (Fsp3) is 0.600. The van der Waals surface area contributed by atoms with Gasteiger partial charge in [-0.25, -0.2) is 13.1 Å². The van der Waals surface area contributed by atoms with E-state index < -0.39 is 10.0 Å². The summed E-state index contributed by atoms with van der Waals surface area (Å²) >= 11 is 1.23. The van der Waals surface area contributed by atoms with Gasteiger partial charge in [0.1, 0.15) is 10.3 Å². The van der Waals surface area contributed by atoms with E-state index in [4.69, 9.17) is 9.26 Å². The highest BCUT2D eigenvalue weighted by Crippen LogP contribution is 2.20. The molecule has 3 rings (SSSR count). The van der Waals surface area contributed by atoms with Crippen LogP contribution in [0.1, 0.15) is 37.6 Å². The van der Waals surface area contributed by atoms with Crippen molar-refractivity contribution >= 4 is 21.4 Å². The second kappa shape index (κ2) is 7.92. The van der Waals surface area contributed by atoms with Crippen molar-refractivity contribution < 1.29 is 17.7 Å². The first-order chi connectivity index (χ1) is 12.0. The van der Waals surface area contributed by atoms with E-state index in [-0.39, 0.29) is 12.1 Å². The smallest absolute Gasteiger partial charge is 0.250 e. The Balaban J connectivity index is 1.50. The van der Waals surface area contributed by atoms with Gasteiger partial charge in [0.25, 0.3) is 0 Å². The average molecular weight is 386 g/mol. The van der Waals surface area contributed by atoms with Gasteiger partial charge < -0.3 is 9.26 Å². The van der Waals surface area contributed by atoms with Crippen LogP contribution in [0.5, 0.6) is 0 Å². The second-order valence-corrected chi connectivity index (χ2v) is 8.92. The van der Waals surface area contributed by atoms with Gasteiger partial charge in [0.05, 0.1) is 6.54 Å². The minimum atomic E-state index is -3.41. The molecule has 0 aliphatic carbocycles. The molecule has 1 unspecified atom stereocenters. The fourth-order valence-corrected chi connectivity index (χ4v) is 5.01. The number of nitrogens with one attached hydrogen (secondary N) is 1. The predicted octanol–water partition coefficient (Wildman–Crippen LogP) is 1.78. The number of methoxy groups -OCH3 is 1. The molecule has 2 aromatic rings. The average Bonchev–Trinajstić information content (AvgIpc) is 3.27. The van der Waals surface area contributed by atoms with E-state index in [1.165, 1.54) is 11.3 Å². The van der Waals surface area contributed by atoms with Gasteiger partial charge in [-0.3, -0.25) is 4.90 Å². The van der Waals surface area contributed by atoms with Crippen LogP contribution in [0.2, 0.25) is 0 Å². The Morgan fingerprint density at radius 1 is 1.48 bits per heavy atom. The molecule has 0 bridgehead atoms. The van der Waals surface area contributed by atoms with Gasteiger partial charge in [0.2, 0.25) is 15.9 Å². The van der Waals surface area contributed by atoms with E-state index in [0.29, 0.717) is 22.5 Å². The van der Waals surface area contributed by atoms with Crippen molar-refractivity contribution in [2.75, 3.05) is 20.2 Å². The van der Waals surface area contributed by atoms with E-state index >= 15 is 0 Å². The van der Waals surface area contributed by atoms with Gasteiger partial charge in [0.15, 0.2) is 5.82 Å². The molecule has 138 valence electrons. The van der Waals surface area contributed by atoms with Crippen molar-refractivity contribution in [3.05, 3.63) is 29.2 Å². The molecule has 1 saturated heterocycles. The van der Waals surface area contributed by atoms with E-state index in [0.717, 1.165) is 25.9 Å². The first kappa shape index (κ1) is 18.5. The summed E-state index contributed by atoms with van der Waals surface area (Å²) in [5, 5.41) is 5.68. The van der Waals surface area contributed by atoms with Gasteiger partial charge in [-0.1, -0.05) is 11.2 Å². The van der Waals surface area contributed by atoms with Crippen molar-refractivity contribution in [3.63, 3.8) is 0 Å². The van der Waals surface area contributed by atoms with Crippen LogP contribution in [-0.4, -0.2) is 49.7 Å². The summed E-state index contributed by atoms with van der Waals surface area (Å²) in [5.74, 6) is 1.09. The SMILES string of the molecule is COC(C)c1noc(CN2CCC(NS(=O)(=O)c3cccs3)CC2)n1. The molecular formula is C15H22N4O4S2. The lowest BCUT2D eigenvalue weighted by Crippen LogP contribution is -2.44. The molecule has 10 heteroatoms.